The Morgan fingerprint density at radius 3 is 2.03 bits per heavy atom. The lowest BCUT2D eigenvalue weighted by Crippen LogP contribution is -2.36. The van der Waals surface area contributed by atoms with E-state index in [-0.39, 0.29) is 18.6 Å². The maximum atomic E-state index is 11.2. The van der Waals surface area contributed by atoms with Crippen LogP contribution >= 0.6 is 0 Å². The van der Waals surface area contributed by atoms with E-state index in [1.165, 1.54) is 70.6 Å². The number of carboxylic acid groups (broad SMARTS) is 2. The molecule has 3 N–H and O–H groups in total. The third-order valence-corrected chi connectivity index (χ3v) is 6.05. The Balaban J connectivity index is 0.0000109. The summed E-state index contributed by atoms with van der Waals surface area (Å²) in [6, 6.07) is 0. The largest absolute Gasteiger partial charge is 0.870 e. The number of hydrogen-bond donors (Lipinski definition) is 2. The summed E-state index contributed by atoms with van der Waals surface area (Å²) in [6.07, 6.45) is 16.7. The fraction of sp³-hybridized carbons (Fsp3) is 0.808. The van der Waals surface area contributed by atoms with E-state index < -0.39 is 18.2 Å². The molecule has 0 aromatic carbocycles. The van der Waals surface area contributed by atoms with Crippen molar-refractivity contribution in [2.24, 2.45) is 0 Å². The number of carbonyl (C=O) groups is 2. The molecule has 0 saturated carbocycles. The van der Waals surface area contributed by atoms with Gasteiger partial charge in [-0.1, -0.05) is 83.5 Å². The monoisotopic (exact) mass is 482 g/mol. The minimum absolute atomic E-state index is 0. The highest BCUT2D eigenvalue weighted by Gasteiger charge is 2.34. The van der Waals surface area contributed by atoms with Crippen molar-refractivity contribution in [1.29, 1.82) is 0 Å². The molecule has 0 aliphatic carbocycles. The van der Waals surface area contributed by atoms with E-state index in [0.29, 0.717) is 19.5 Å². The smallest absolute Gasteiger partial charge is 0.345 e. The molecule has 1 unspecified atom stereocenters. The van der Waals surface area contributed by atoms with Gasteiger partial charge in [0.05, 0.1) is 0 Å². The molecule has 196 valence electrons. The van der Waals surface area contributed by atoms with Crippen molar-refractivity contribution < 1.29 is 34.6 Å². The van der Waals surface area contributed by atoms with Crippen molar-refractivity contribution in [3.63, 3.8) is 0 Å². The summed E-state index contributed by atoms with van der Waals surface area (Å²) < 4.78 is 7.30. The van der Waals surface area contributed by atoms with Crippen LogP contribution in [0.15, 0.2) is 0 Å². The number of hydrogen-bond acceptors (Lipinski definition) is 5. The Morgan fingerprint density at radius 2 is 1.50 bits per heavy atom. The number of rotatable bonds is 19. The lowest BCUT2D eigenvalue weighted by atomic mass is 10.0. The van der Waals surface area contributed by atoms with Crippen LogP contribution in [0.5, 0.6) is 0 Å². The third kappa shape index (κ3) is 14.9. The first kappa shape index (κ1) is 31.9. The molecule has 0 aromatic rings. The Bertz CT molecular complexity index is 668. The summed E-state index contributed by atoms with van der Waals surface area (Å²) in [4.78, 5) is 23.8. The fourth-order valence-corrected chi connectivity index (χ4v) is 4.17. The Labute approximate surface area is 205 Å². The number of ether oxygens (including phenoxy) is 1. The summed E-state index contributed by atoms with van der Waals surface area (Å²) in [5.74, 6) is 5.30. The summed E-state index contributed by atoms with van der Waals surface area (Å²) >= 11 is 0. The van der Waals surface area contributed by atoms with E-state index >= 15 is 0 Å². The minimum atomic E-state index is -1.02. The van der Waals surface area contributed by atoms with Crippen LogP contribution < -0.4 is 0 Å². The molecule has 1 aliphatic rings. The standard InChI is InChI=1S/C26H44N2O5.H2O/c1-3-4-5-6-7-8-9-10-11-12-13-14-15-16-17-18-24-27(21-25(29)30)19-20-28(24)23(2)33-22-26(31)32;/h23H,3-15,18-22H2,1-2H3,(H-,29,30,31,32);1H2. The normalized spacial score (nSPS) is 13.9. The highest BCUT2D eigenvalue weighted by atomic mass is 16.5. The van der Waals surface area contributed by atoms with E-state index in [1.807, 2.05) is 4.58 Å². The van der Waals surface area contributed by atoms with Crippen LogP contribution in [0.1, 0.15) is 104 Å². The van der Waals surface area contributed by atoms with Gasteiger partial charge in [0.2, 0.25) is 0 Å². The van der Waals surface area contributed by atoms with Gasteiger partial charge in [-0.05, 0) is 6.42 Å². The van der Waals surface area contributed by atoms with Gasteiger partial charge < -0.3 is 20.4 Å². The number of carboxylic acids is 2. The van der Waals surface area contributed by atoms with Gasteiger partial charge in [-0.15, -0.1) is 5.92 Å². The maximum absolute atomic E-state index is 11.2. The third-order valence-electron chi connectivity index (χ3n) is 6.05. The molecule has 8 heteroatoms. The van der Waals surface area contributed by atoms with E-state index in [4.69, 9.17) is 9.84 Å². The molecule has 34 heavy (non-hydrogen) atoms. The predicted octanol–water partition coefficient (Wildman–Crippen LogP) is 4.55. The van der Waals surface area contributed by atoms with Gasteiger partial charge in [0.15, 0.2) is 12.8 Å². The van der Waals surface area contributed by atoms with Crippen LogP contribution in [0.2, 0.25) is 0 Å². The van der Waals surface area contributed by atoms with Crippen molar-refractivity contribution in [2.45, 2.75) is 110 Å². The van der Waals surface area contributed by atoms with E-state index in [0.717, 1.165) is 18.7 Å². The summed E-state index contributed by atoms with van der Waals surface area (Å²) in [5, 5.41) is 18.0. The van der Waals surface area contributed by atoms with Crippen LogP contribution in [0.25, 0.3) is 0 Å². The number of nitrogens with zero attached hydrogens (tertiary/aromatic N) is 2. The molecular formula is C26H46N2O6. The van der Waals surface area contributed by atoms with Gasteiger partial charge >= 0.3 is 11.9 Å². The quantitative estimate of drug-likeness (QED) is 0.157. The second kappa shape index (κ2) is 20.3. The van der Waals surface area contributed by atoms with Crippen LogP contribution in [-0.2, 0) is 14.3 Å². The molecule has 0 radical (unpaired) electrons. The first-order valence-electron chi connectivity index (χ1n) is 12.8. The second-order valence-corrected chi connectivity index (χ2v) is 8.90. The molecule has 1 rings (SSSR count). The molecular weight excluding hydrogens is 436 g/mol. The molecule has 8 nitrogen and oxygen atoms in total. The van der Waals surface area contributed by atoms with E-state index in [9.17, 15) is 14.7 Å². The van der Waals surface area contributed by atoms with Crippen LogP contribution in [-0.4, -0.2) is 75.4 Å². The predicted molar refractivity (Wildman–Crippen MR) is 132 cm³/mol. The topological polar surface area (TPSA) is 120 Å². The Kier molecular flexibility index (Phi) is 19.0. The Morgan fingerprint density at radius 1 is 0.941 bits per heavy atom. The highest BCUT2D eigenvalue weighted by Crippen LogP contribution is 2.13. The van der Waals surface area contributed by atoms with Crippen LogP contribution in [0.4, 0.5) is 0 Å². The molecule has 0 aromatic heterocycles. The van der Waals surface area contributed by atoms with Crippen molar-refractivity contribution in [3.8, 4) is 11.8 Å². The second-order valence-electron chi connectivity index (χ2n) is 8.90. The van der Waals surface area contributed by atoms with Crippen molar-refractivity contribution in [3.05, 3.63) is 0 Å². The van der Waals surface area contributed by atoms with E-state index in [1.54, 1.807) is 11.8 Å². The Hall–Kier alpha value is -2.11. The lowest BCUT2D eigenvalue weighted by Gasteiger charge is -2.14. The highest BCUT2D eigenvalue weighted by molar-refractivity contribution is 5.84. The summed E-state index contributed by atoms with van der Waals surface area (Å²) in [6.45, 7) is 4.75. The number of unbranched alkanes of at least 4 members (excludes halogenated alkanes) is 12. The first-order valence-corrected chi connectivity index (χ1v) is 12.8. The summed E-state index contributed by atoms with van der Waals surface area (Å²) in [5.41, 5.74) is 0. The SMILES string of the molecule is CCCCCCCCCCCCCCC#CCC1=[N+](C(C)OCC(=O)O)CCN1CC(=O)O.[OH-]. The average molecular weight is 483 g/mol. The van der Waals surface area contributed by atoms with Gasteiger partial charge in [-0.2, -0.15) is 0 Å². The fourth-order valence-electron chi connectivity index (χ4n) is 4.17. The molecule has 0 spiro atoms. The number of amidine groups is 1. The zero-order chi connectivity index (χ0) is 24.3. The molecule has 1 aliphatic heterocycles. The molecule has 1 heterocycles. The summed E-state index contributed by atoms with van der Waals surface area (Å²) in [7, 11) is 0. The first-order chi connectivity index (χ1) is 16.0. The van der Waals surface area contributed by atoms with Gasteiger partial charge in [-0.3, -0.25) is 0 Å². The molecule has 0 fully saturated rings. The van der Waals surface area contributed by atoms with Crippen molar-refractivity contribution >= 4 is 17.8 Å². The van der Waals surface area contributed by atoms with Crippen molar-refractivity contribution in [2.75, 3.05) is 26.2 Å². The molecule has 0 saturated heterocycles. The minimum Gasteiger partial charge on any atom is -0.870 e. The van der Waals surface area contributed by atoms with Crippen LogP contribution in [0.3, 0.4) is 0 Å². The van der Waals surface area contributed by atoms with Gasteiger partial charge in [-0.25, -0.2) is 19.1 Å². The van der Waals surface area contributed by atoms with Crippen molar-refractivity contribution in [1.82, 2.24) is 4.90 Å². The molecule has 0 amide bonds. The zero-order valence-electron chi connectivity index (χ0n) is 21.3. The van der Waals surface area contributed by atoms with Gasteiger partial charge in [0.25, 0.3) is 5.84 Å². The van der Waals surface area contributed by atoms with Crippen LogP contribution in [0, 0.1) is 11.8 Å². The van der Waals surface area contributed by atoms with Gasteiger partial charge in [0, 0.05) is 13.3 Å². The zero-order valence-corrected chi connectivity index (χ0v) is 21.3. The molecule has 1 atom stereocenters. The van der Waals surface area contributed by atoms with Gasteiger partial charge in [0.1, 0.15) is 26.1 Å². The average Bonchev–Trinajstić information content (AvgIpc) is 3.16. The molecule has 0 bridgehead atoms. The maximum Gasteiger partial charge on any atom is 0.345 e. The lowest BCUT2D eigenvalue weighted by molar-refractivity contribution is -0.601. The number of aliphatic carboxylic acids is 2. The van der Waals surface area contributed by atoms with E-state index in [2.05, 4.69) is 18.8 Å².